The summed E-state index contributed by atoms with van der Waals surface area (Å²) in [5.41, 5.74) is 1.97. The Morgan fingerprint density at radius 2 is 2.17 bits per heavy atom. The van der Waals surface area contributed by atoms with E-state index in [0.717, 1.165) is 35.0 Å². The molecule has 1 aromatic rings. The molecule has 0 bridgehead atoms. The SMILES string of the molecule is CCCCN(C(=O)c1ccc(C)c(Br)c1)C1CC1. The second-order valence-electron chi connectivity index (χ2n) is 5.05. The molecule has 1 fully saturated rings. The first-order chi connectivity index (χ1) is 8.63. The third kappa shape index (κ3) is 3.14. The third-order valence-electron chi connectivity index (χ3n) is 3.42. The van der Waals surface area contributed by atoms with Gasteiger partial charge < -0.3 is 4.90 Å². The number of unbranched alkanes of at least 4 members (excludes halogenated alkanes) is 1. The van der Waals surface area contributed by atoms with Gasteiger partial charge in [0.05, 0.1) is 0 Å². The van der Waals surface area contributed by atoms with Crippen molar-refractivity contribution in [3.8, 4) is 0 Å². The first-order valence-electron chi connectivity index (χ1n) is 6.70. The smallest absolute Gasteiger partial charge is 0.254 e. The van der Waals surface area contributed by atoms with Crippen molar-refractivity contribution in [2.45, 2.75) is 45.6 Å². The Hall–Kier alpha value is -0.830. The highest BCUT2D eigenvalue weighted by atomic mass is 79.9. The normalized spacial score (nSPS) is 14.6. The van der Waals surface area contributed by atoms with Crippen LogP contribution < -0.4 is 0 Å². The summed E-state index contributed by atoms with van der Waals surface area (Å²) >= 11 is 3.50. The molecular weight excluding hydrogens is 290 g/mol. The lowest BCUT2D eigenvalue weighted by atomic mass is 10.1. The first-order valence-corrected chi connectivity index (χ1v) is 7.50. The fraction of sp³-hybridized carbons (Fsp3) is 0.533. The molecule has 0 radical (unpaired) electrons. The molecule has 0 aromatic heterocycles. The van der Waals surface area contributed by atoms with E-state index >= 15 is 0 Å². The number of benzene rings is 1. The molecule has 1 aromatic carbocycles. The number of hydrogen-bond acceptors (Lipinski definition) is 1. The first kappa shape index (κ1) is 13.6. The van der Waals surface area contributed by atoms with Crippen LogP contribution in [0.5, 0.6) is 0 Å². The second-order valence-corrected chi connectivity index (χ2v) is 5.90. The molecular formula is C15H20BrNO. The van der Waals surface area contributed by atoms with E-state index in [0.29, 0.717) is 6.04 Å². The summed E-state index contributed by atoms with van der Waals surface area (Å²) in [7, 11) is 0. The van der Waals surface area contributed by atoms with Crippen molar-refractivity contribution in [1.82, 2.24) is 4.90 Å². The summed E-state index contributed by atoms with van der Waals surface area (Å²) in [6, 6.07) is 6.37. The van der Waals surface area contributed by atoms with Crippen molar-refractivity contribution in [2.24, 2.45) is 0 Å². The fourth-order valence-corrected chi connectivity index (χ4v) is 2.44. The average Bonchev–Trinajstić information content (AvgIpc) is 3.17. The molecule has 0 N–H and O–H groups in total. The predicted octanol–water partition coefficient (Wildman–Crippen LogP) is 4.16. The highest BCUT2D eigenvalue weighted by molar-refractivity contribution is 9.10. The maximum absolute atomic E-state index is 12.5. The second kappa shape index (κ2) is 5.87. The van der Waals surface area contributed by atoms with Gasteiger partial charge in [0.2, 0.25) is 0 Å². The Bertz CT molecular complexity index is 440. The van der Waals surface area contributed by atoms with Gasteiger partial charge >= 0.3 is 0 Å². The third-order valence-corrected chi connectivity index (χ3v) is 4.27. The number of carbonyl (C=O) groups is 1. The summed E-state index contributed by atoms with van der Waals surface area (Å²) in [4.78, 5) is 14.6. The number of hydrogen-bond donors (Lipinski definition) is 0. The van der Waals surface area contributed by atoms with Gasteiger partial charge in [0.1, 0.15) is 0 Å². The number of rotatable bonds is 5. The lowest BCUT2D eigenvalue weighted by Crippen LogP contribution is -2.34. The van der Waals surface area contributed by atoms with Crippen LogP contribution in [0.4, 0.5) is 0 Å². The van der Waals surface area contributed by atoms with Crippen LogP contribution in [0.3, 0.4) is 0 Å². The standard InChI is InChI=1S/C15H20BrNO/c1-3-4-9-17(13-7-8-13)15(18)12-6-5-11(2)14(16)10-12/h5-6,10,13H,3-4,7-9H2,1-2H3. The number of halogens is 1. The lowest BCUT2D eigenvalue weighted by molar-refractivity contribution is 0.0740. The summed E-state index contributed by atoms with van der Waals surface area (Å²) in [6.07, 6.45) is 4.56. The largest absolute Gasteiger partial charge is 0.336 e. The van der Waals surface area contributed by atoms with Crippen molar-refractivity contribution in [3.05, 3.63) is 33.8 Å². The molecule has 1 aliphatic carbocycles. The Labute approximate surface area is 117 Å². The van der Waals surface area contributed by atoms with Gasteiger partial charge in [-0.1, -0.05) is 35.3 Å². The monoisotopic (exact) mass is 309 g/mol. The summed E-state index contributed by atoms with van der Waals surface area (Å²) < 4.78 is 1.01. The quantitative estimate of drug-likeness (QED) is 0.799. The van der Waals surface area contributed by atoms with Crippen LogP contribution in [0.2, 0.25) is 0 Å². The zero-order valence-electron chi connectivity index (χ0n) is 11.1. The summed E-state index contributed by atoms with van der Waals surface area (Å²) in [5.74, 6) is 0.187. The molecule has 0 heterocycles. The van der Waals surface area contributed by atoms with E-state index in [9.17, 15) is 4.79 Å². The minimum Gasteiger partial charge on any atom is -0.336 e. The van der Waals surface area contributed by atoms with E-state index < -0.39 is 0 Å². The zero-order valence-corrected chi connectivity index (χ0v) is 12.7. The topological polar surface area (TPSA) is 20.3 Å². The average molecular weight is 310 g/mol. The number of aryl methyl sites for hydroxylation is 1. The highest BCUT2D eigenvalue weighted by Crippen LogP contribution is 2.29. The van der Waals surface area contributed by atoms with Gasteiger partial charge in [-0.05, 0) is 43.9 Å². The van der Waals surface area contributed by atoms with Crippen molar-refractivity contribution < 1.29 is 4.79 Å². The number of nitrogens with zero attached hydrogens (tertiary/aromatic N) is 1. The van der Waals surface area contributed by atoms with E-state index in [1.165, 1.54) is 12.8 Å². The molecule has 0 aliphatic heterocycles. The van der Waals surface area contributed by atoms with Crippen LogP contribution in [-0.4, -0.2) is 23.4 Å². The van der Waals surface area contributed by atoms with Gasteiger partial charge in [-0.25, -0.2) is 0 Å². The fourth-order valence-electron chi connectivity index (χ4n) is 2.06. The Balaban J connectivity index is 2.13. The molecule has 0 atom stereocenters. The van der Waals surface area contributed by atoms with Crippen LogP contribution in [0.15, 0.2) is 22.7 Å². The predicted molar refractivity (Wildman–Crippen MR) is 77.8 cm³/mol. The molecule has 0 unspecified atom stereocenters. The molecule has 3 heteroatoms. The molecule has 18 heavy (non-hydrogen) atoms. The number of amides is 1. The molecule has 1 saturated carbocycles. The Morgan fingerprint density at radius 1 is 1.44 bits per heavy atom. The van der Waals surface area contributed by atoms with Gasteiger partial charge in [-0.15, -0.1) is 0 Å². The van der Waals surface area contributed by atoms with Gasteiger partial charge in [0.15, 0.2) is 0 Å². The molecule has 0 saturated heterocycles. The minimum absolute atomic E-state index is 0.187. The summed E-state index contributed by atoms with van der Waals surface area (Å²) in [5, 5.41) is 0. The van der Waals surface area contributed by atoms with Crippen LogP contribution in [0, 0.1) is 6.92 Å². The van der Waals surface area contributed by atoms with E-state index in [1.807, 2.05) is 25.1 Å². The lowest BCUT2D eigenvalue weighted by Gasteiger charge is -2.22. The van der Waals surface area contributed by atoms with Crippen molar-refractivity contribution in [1.29, 1.82) is 0 Å². The van der Waals surface area contributed by atoms with Crippen LogP contribution in [0.25, 0.3) is 0 Å². The van der Waals surface area contributed by atoms with Gasteiger partial charge in [-0.2, -0.15) is 0 Å². The molecule has 1 amide bonds. The van der Waals surface area contributed by atoms with Crippen LogP contribution >= 0.6 is 15.9 Å². The molecule has 2 rings (SSSR count). The molecule has 2 nitrogen and oxygen atoms in total. The van der Waals surface area contributed by atoms with E-state index in [1.54, 1.807) is 0 Å². The van der Waals surface area contributed by atoms with E-state index in [2.05, 4.69) is 27.8 Å². The number of carbonyl (C=O) groups excluding carboxylic acids is 1. The van der Waals surface area contributed by atoms with Gasteiger partial charge in [-0.3, -0.25) is 4.79 Å². The summed E-state index contributed by atoms with van der Waals surface area (Å²) in [6.45, 7) is 5.09. The zero-order chi connectivity index (χ0) is 13.1. The van der Waals surface area contributed by atoms with Crippen molar-refractivity contribution in [2.75, 3.05) is 6.54 Å². The van der Waals surface area contributed by atoms with Crippen molar-refractivity contribution >= 4 is 21.8 Å². The van der Waals surface area contributed by atoms with Crippen LogP contribution in [-0.2, 0) is 0 Å². The van der Waals surface area contributed by atoms with Crippen LogP contribution in [0.1, 0.15) is 48.5 Å². The molecule has 1 aliphatic rings. The van der Waals surface area contributed by atoms with Gasteiger partial charge in [0.25, 0.3) is 5.91 Å². The Morgan fingerprint density at radius 3 is 2.72 bits per heavy atom. The molecule has 98 valence electrons. The Kier molecular flexibility index (Phi) is 4.44. The van der Waals surface area contributed by atoms with Gasteiger partial charge in [0, 0.05) is 22.6 Å². The minimum atomic E-state index is 0.187. The highest BCUT2D eigenvalue weighted by Gasteiger charge is 2.32. The van der Waals surface area contributed by atoms with Crippen molar-refractivity contribution in [3.63, 3.8) is 0 Å². The maximum atomic E-state index is 12.5. The maximum Gasteiger partial charge on any atom is 0.254 e. The molecule has 0 spiro atoms. The van der Waals surface area contributed by atoms with E-state index in [-0.39, 0.29) is 5.91 Å². The van der Waals surface area contributed by atoms with E-state index in [4.69, 9.17) is 0 Å².